The van der Waals surface area contributed by atoms with E-state index in [2.05, 4.69) is 10.1 Å². The molecule has 4 rings (SSSR count). The van der Waals surface area contributed by atoms with E-state index >= 15 is 0 Å². The molecule has 0 bridgehead atoms. The Hall–Kier alpha value is -2.65. The van der Waals surface area contributed by atoms with Crippen LogP contribution in [0, 0.1) is 11.6 Å². The van der Waals surface area contributed by atoms with Gasteiger partial charge in [0.2, 0.25) is 10.0 Å². The highest BCUT2D eigenvalue weighted by atomic mass is 32.2. The van der Waals surface area contributed by atoms with E-state index in [1.807, 2.05) is 30.3 Å². The summed E-state index contributed by atoms with van der Waals surface area (Å²) in [6.07, 6.45) is 1.02. The minimum Gasteiger partial charge on any atom is -0.334 e. The summed E-state index contributed by atoms with van der Waals surface area (Å²) in [5, 5.41) is 4.04. The summed E-state index contributed by atoms with van der Waals surface area (Å²) in [7, 11) is -3.88. The molecule has 2 aromatic carbocycles. The van der Waals surface area contributed by atoms with Crippen LogP contribution in [0.15, 0.2) is 57.9 Å². The quantitative estimate of drug-likeness (QED) is 0.663. The van der Waals surface area contributed by atoms with Crippen LogP contribution in [0.1, 0.15) is 24.6 Å². The lowest BCUT2D eigenvalue weighted by molar-refractivity contribution is 0.307. The molecule has 0 radical (unpaired) electrons. The van der Waals surface area contributed by atoms with Gasteiger partial charge in [-0.25, -0.2) is 17.2 Å². The van der Waals surface area contributed by atoms with Gasteiger partial charge in [0.1, 0.15) is 0 Å². The Morgan fingerprint density at radius 1 is 1.00 bits per heavy atom. The molecule has 1 fully saturated rings. The van der Waals surface area contributed by atoms with Crippen molar-refractivity contribution in [2.45, 2.75) is 23.7 Å². The van der Waals surface area contributed by atoms with Gasteiger partial charge in [0.25, 0.3) is 5.89 Å². The number of aromatic nitrogens is 2. The van der Waals surface area contributed by atoms with Crippen molar-refractivity contribution in [3.8, 4) is 11.5 Å². The van der Waals surface area contributed by atoms with Crippen molar-refractivity contribution in [3.63, 3.8) is 0 Å². The zero-order valence-corrected chi connectivity index (χ0v) is 15.6. The van der Waals surface area contributed by atoms with E-state index in [0.717, 1.165) is 17.7 Å². The van der Waals surface area contributed by atoms with Gasteiger partial charge in [-0.05, 0) is 43.2 Å². The Balaban J connectivity index is 1.46. The van der Waals surface area contributed by atoms with E-state index in [1.54, 1.807) is 0 Å². The highest BCUT2D eigenvalue weighted by Crippen LogP contribution is 2.30. The summed E-state index contributed by atoms with van der Waals surface area (Å²) in [6, 6.07) is 12.0. The summed E-state index contributed by atoms with van der Waals surface area (Å²) in [4.78, 5) is 4.18. The van der Waals surface area contributed by atoms with E-state index in [0.29, 0.717) is 30.6 Å². The standard InChI is InChI=1S/C19H17F2N3O3S/c20-16-7-6-15(12-17(16)21)28(25,26)24-10-8-13(9-11-24)18-22-19(27-23-18)14-4-2-1-3-5-14/h1-7,12-13H,8-11H2. The minimum absolute atomic E-state index is 0.0300. The van der Waals surface area contributed by atoms with Gasteiger partial charge in [-0.3, -0.25) is 0 Å². The average molecular weight is 405 g/mol. The first-order valence-corrected chi connectivity index (χ1v) is 10.2. The molecule has 6 nitrogen and oxygen atoms in total. The van der Waals surface area contributed by atoms with Crippen LogP contribution < -0.4 is 0 Å². The van der Waals surface area contributed by atoms with Crippen molar-refractivity contribution in [1.82, 2.24) is 14.4 Å². The fourth-order valence-corrected chi connectivity index (χ4v) is 4.72. The predicted octanol–water partition coefficient (Wildman–Crippen LogP) is 3.58. The molecule has 1 saturated heterocycles. The number of piperidine rings is 1. The van der Waals surface area contributed by atoms with Crippen LogP contribution >= 0.6 is 0 Å². The maximum absolute atomic E-state index is 13.4. The van der Waals surface area contributed by atoms with E-state index in [-0.39, 0.29) is 23.9 Å². The number of hydrogen-bond donors (Lipinski definition) is 0. The largest absolute Gasteiger partial charge is 0.334 e. The van der Waals surface area contributed by atoms with Crippen molar-refractivity contribution in [2.24, 2.45) is 0 Å². The molecule has 0 spiro atoms. The summed E-state index contributed by atoms with van der Waals surface area (Å²) in [6.45, 7) is 0.475. The molecule has 2 heterocycles. The first-order valence-electron chi connectivity index (χ1n) is 8.79. The molecule has 1 aliphatic heterocycles. The second-order valence-electron chi connectivity index (χ2n) is 6.58. The molecular formula is C19H17F2N3O3S. The van der Waals surface area contributed by atoms with Crippen molar-refractivity contribution >= 4 is 10.0 Å². The predicted molar refractivity (Wildman–Crippen MR) is 96.8 cm³/mol. The Morgan fingerprint density at radius 3 is 2.39 bits per heavy atom. The molecule has 9 heteroatoms. The second-order valence-corrected chi connectivity index (χ2v) is 8.52. The smallest absolute Gasteiger partial charge is 0.257 e. The molecule has 0 atom stereocenters. The lowest BCUT2D eigenvalue weighted by atomic mass is 9.97. The Labute approximate surface area is 160 Å². The van der Waals surface area contributed by atoms with Crippen molar-refractivity contribution in [2.75, 3.05) is 13.1 Å². The van der Waals surface area contributed by atoms with Crippen LogP contribution in [-0.2, 0) is 10.0 Å². The maximum Gasteiger partial charge on any atom is 0.257 e. The van der Waals surface area contributed by atoms with Crippen LogP contribution in [0.4, 0.5) is 8.78 Å². The SMILES string of the molecule is O=S(=O)(c1ccc(F)c(F)c1)N1CCC(c2noc(-c3ccccc3)n2)CC1. The minimum atomic E-state index is -3.88. The molecule has 1 aromatic heterocycles. The second kappa shape index (κ2) is 7.40. The third-order valence-corrected chi connectivity index (χ3v) is 6.71. The van der Waals surface area contributed by atoms with Crippen LogP contribution in [-0.4, -0.2) is 36.0 Å². The average Bonchev–Trinajstić information content (AvgIpc) is 3.21. The number of rotatable bonds is 4. The Bertz CT molecular complexity index is 1080. The van der Waals surface area contributed by atoms with Crippen molar-refractivity contribution in [3.05, 3.63) is 66.0 Å². The summed E-state index contributed by atoms with van der Waals surface area (Å²) >= 11 is 0. The fraction of sp³-hybridized carbons (Fsp3) is 0.263. The molecule has 3 aromatic rings. The summed E-state index contributed by atoms with van der Waals surface area (Å²) in [5.41, 5.74) is 0.819. The number of nitrogens with zero attached hydrogens (tertiary/aromatic N) is 3. The fourth-order valence-electron chi connectivity index (χ4n) is 3.24. The zero-order valence-electron chi connectivity index (χ0n) is 14.8. The van der Waals surface area contributed by atoms with Crippen LogP contribution in [0.25, 0.3) is 11.5 Å². The van der Waals surface area contributed by atoms with E-state index in [1.165, 1.54) is 4.31 Å². The molecule has 0 saturated carbocycles. The number of hydrogen-bond acceptors (Lipinski definition) is 5. The molecule has 0 aliphatic carbocycles. The van der Waals surface area contributed by atoms with Crippen LogP contribution in [0.2, 0.25) is 0 Å². The zero-order chi connectivity index (χ0) is 19.7. The van der Waals surface area contributed by atoms with E-state index < -0.39 is 21.7 Å². The highest BCUT2D eigenvalue weighted by Gasteiger charge is 2.32. The number of sulfonamides is 1. The Kier molecular flexibility index (Phi) is 4.94. The van der Waals surface area contributed by atoms with E-state index in [9.17, 15) is 17.2 Å². The first kappa shape index (κ1) is 18.7. The van der Waals surface area contributed by atoms with Gasteiger partial charge in [-0.2, -0.15) is 9.29 Å². The lowest BCUT2D eigenvalue weighted by Crippen LogP contribution is -2.38. The number of halogens is 2. The normalized spacial score (nSPS) is 16.4. The topological polar surface area (TPSA) is 76.3 Å². The third kappa shape index (κ3) is 3.55. The van der Waals surface area contributed by atoms with Gasteiger partial charge >= 0.3 is 0 Å². The van der Waals surface area contributed by atoms with Gasteiger partial charge in [0, 0.05) is 24.6 Å². The van der Waals surface area contributed by atoms with Crippen LogP contribution in [0.5, 0.6) is 0 Å². The maximum atomic E-state index is 13.4. The summed E-state index contributed by atoms with van der Waals surface area (Å²) in [5.74, 6) is -1.33. The van der Waals surface area contributed by atoms with Gasteiger partial charge in [-0.1, -0.05) is 23.4 Å². The van der Waals surface area contributed by atoms with Gasteiger partial charge in [0.05, 0.1) is 4.90 Å². The molecule has 0 unspecified atom stereocenters. The lowest BCUT2D eigenvalue weighted by Gasteiger charge is -2.29. The molecule has 28 heavy (non-hydrogen) atoms. The van der Waals surface area contributed by atoms with Crippen molar-refractivity contribution in [1.29, 1.82) is 0 Å². The number of benzene rings is 2. The molecular weight excluding hydrogens is 388 g/mol. The third-order valence-electron chi connectivity index (χ3n) is 4.81. The molecule has 1 aliphatic rings. The van der Waals surface area contributed by atoms with Crippen LogP contribution in [0.3, 0.4) is 0 Å². The van der Waals surface area contributed by atoms with Gasteiger partial charge < -0.3 is 4.52 Å². The monoisotopic (exact) mass is 405 g/mol. The first-order chi connectivity index (χ1) is 13.4. The Morgan fingerprint density at radius 2 is 1.71 bits per heavy atom. The molecule has 0 amide bonds. The molecule has 0 N–H and O–H groups in total. The van der Waals surface area contributed by atoms with Crippen molar-refractivity contribution < 1.29 is 21.7 Å². The highest BCUT2D eigenvalue weighted by molar-refractivity contribution is 7.89. The van der Waals surface area contributed by atoms with Gasteiger partial charge in [0.15, 0.2) is 17.5 Å². The summed E-state index contributed by atoms with van der Waals surface area (Å²) < 4.78 is 58.4. The molecule has 146 valence electrons. The van der Waals surface area contributed by atoms with Gasteiger partial charge in [-0.15, -0.1) is 0 Å². The van der Waals surface area contributed by atoms with E-state index in [4.69, 9.17) is 4.52 Å².